The number of hydrogen-bond acceptors (Lipinski definition) is 7. The van der Waals surface area contributed by atoms with Gasteiger partial charge in [0.25, 0.3) is 0 Å². The predicted molar refractivity (Wildman–Crippen MR) is 160 cm³/mol. The number of nitrogens with zero attached hydrogens (tertiary/aromatic N) is 3. The van der Waals surface area contributed by atoms with Crippen molar-refractivity contribution in [2.75, 3.05) is 24.5 Å². The second-order valence-corrected chi connectivity index (χ2v) is 12.4. The van der Waals surface area contributed by atoms with Gasteiger partial charge in [-0.05, 0) is 51.6 Å². The molecular formula is C27H36Cl3N3O5S. The van der Waals surface area contributed by atoms with Crippen LogP contribution in [-0.4, -0.2) is 47.4 Å². The zero-order valence-electron chi connectivity index (χ0n) is 23.7. The molecule has 0 saturated heterocycles. The molecule has 2 aromatic heterocycles. The van der Waals surface area contributed by atoms with E-state index in [0.29, 0.717) is 29.0 Å². The van der Waals surface area contributed by atoms with Gasteiger partial charge >= 0.3 is 5.76 Å². The van der Waals surface area contributed by atoms with Crippen LogP contribution in [0.3, 0.4) is 0 Å². The number of carbonyl (C=O) groups excluding carboxylic acids is 1. The fraction of sp³-hybridized carbons (Fsp3) is 0.519. The van der Waals surface area contributed by atoms with E-state index in [2.05, 4.69) is 10.5 Å². The third kappa shape index (κ3) is 8.47. The summed E-state index contributed by atoms with van der Waals surface area (Å²) in [6, 6.07) is 3.09. The first-order chi connectivity index (χ1) is 18.1. The van der Waals surface area contributed by atoms with Gasteiger partial charge in [0.05, 0.1) is 40.2 Å². The second-order valence-electron chi connectivity index (χ2n) is 10.3. The zero-order chi connectivity index (χ0) is 29.7. The van der Waals surface area contributed by atoms with E-state index in [4.69, 9.17) is 48.7 Å². The number of hydrogen-bond donors (Lipinski definition) is 0. The standard InChI is InChI=1S/C15H18Cl2N2O3.C12H18ClNO2S/c1-8(2)21-12-7-11(9(16)6-10(12)17)19-14(20)22-13(18-19)15(3,4)5;1-8-7-17-10(3)12(8)14(11(15)5-13)9(2)6-16-4/h6-8H,1-5H3;7,9H,5-6H2,1-4H3. The molecule has 1 amide bonds. The van der Waals surface area contributed by atoms with Gasteiger partial charge in [0, 0.05) is 23.5 Å². The lowest BCUT2D eigenvalue weighted by atomic mass is 9.97. The lowest BCUT2D eigenvalue weighted by molar-refractivity contribution is -0.116. The van der Waals surface area contributed by atoms with Gasteiger partial charge in [-0.2, -0.15) is 4.68 Å². The van der Waals surface area contributed by atoms with Gasteiger partial charge in [0.1, 0.15) is 11.6 Å². The van der Waals surface area contributed by atoms with E-state index in [1.54, 1.807) is 29.4 Å². The fourth-order valence-electron chi connectivity index (χ4n) is 3.65. The molecule has 0 aliphatic carbocycles. The highest BCUT2D eigenvalue weighted by molar-refractivity contribution is 7.10. The minimum absolute atomic E-state index is 0.0111. The average Bonchev–Trinajstić information content (AvgIpc) is 3.38. The summed E-state index contributed by atoms with van der Waals surface area (Å²) in [5.74, 6) is 0.0616. The maximum absolute atomic E-state index is 12.1. The number of methoxy groups -OCH3 is 1. The van der Waals surface area contributed by atoms with Gasteiger partial charge < -0.3 is 18.8 Å². The van der Waals surface area contributed by atoms with Gasteiger partial charge in [-0.3, -0.25) is 4.79 Å². The van der Waals surface area contributed by atoms with Crippen LogP contribution in [0.5, 0.6) is 5.75 Å². The van der Waals surface area contributed by atoms with Gasteiger partial charge in [0.2, 0.25) is 11.8 Å². The number of aromatic nitrogens is 2. The molecule has 0 bridgehead atoms. The number of benzene rings is 1. The van der Waals surface area contributed by atoms with Gasteiger partial charge in [-0.1, -0.05) is 44.0 Å². The van der Waals surface area contributed by atoms with E-state index in [0.717, 1.165) is 20.8 Å². The Morgan fingerprint density at radius 1 is 1.18 bits per heavy atom. The summed E-state index contributed by atoms with van der Waals surface area (Å²) in [4.78, 5) is 26.9. The highest BCUT2D eigenvalue weighted by Gasteiger charge is 2.26. The molecule has 39 heavy (non-hydrogen) atoms. The highest BCUT2D eigenvalue weighted by Crippen LogP contribution is 2.34. The molecule has 3 rings (SSSR count). The maximum atomic E-state index is 12.1. The Labute approximate surface area is 248 Å². The number of alkyl halides is 1. The number of carbonyl (C=O) groups is 1. The van der Waals surface area contributed by atoms with Crippen molar-refractivity contribution in [3.05, 3.63) is 54.4 Å². The van der Waals surface area contributed by atoms with E-state index in [1.807, 2.05) is 55.4 Å². The molecule has 0 N–H and O–H groups in total. The molecular weight excluding hydrogens is 585 g/mol. The normalized spacial score (nSPS) is 12.2. The molecule has 1 unspecified atom stereocenters. The van der Waals surface area contributed by atoms with E-state index >= 15 is 0 Å². The monoisotopic (exact) mass is 619 g/mol. The Morgan fingerprint density at radius 2 is 1.82 bits per heavy atom. The molecule has 1 atom stereocenters. The topological polar surface area (TPSA) is 86.8 Å². The van der Waals surface area contributed by atoms with Gasteiger partial charge in [-0.15, -0.1) is 28.0 Å². The van der Waals surface area contributed by atoms with Crippen LogP contribution in [0, 0.1) is 13.8 Å². The summed E-state index contributed by atoms with van der Waals surface area (Å²) in [5.41, 5.74) is 2.06. The number of halogens is 3. The molecule has 1 aromatic carbocycles. The first kappa shape index (κ1) is 33.2. The Balaban J connectivity index is 0.000000283. The summed E-state index contributed by atoms with van der Waals surface area (Å²) >= 11 is 19.6. The Morgan fingerprint density at radius 3 is 2.28 bits per heavy atom. The van der Waals surface area contributed by atoms with Crippen molar-refractivity contribution in [1.82, 2.24) is 9.78 Å². The summed E-state index contributed by atoms with van der Waals surface area (Å²) in [5, 5.41) is 6.93. The predicted octanol–water partition coefficient (Wildman–Crippen LogP) is 7.19. The minimum atomic E-state index is -0.607. The Bertz CT molecular complexity index is 1310. The first-order valence-electron chi connectivity index (χ1n) is 12.3. The summed E-state index contributed by atoms with van der Waals surface area (Å²) in [7, 11) is 1.63. The van der Waals surface area contributed by atoms with Crippen molar-refractivity contribution in [3.8, 4) is 11.4 Å². The number of aryl methyl sites for hydroxylation is 2. The maximum Gasteiger partial charge on any atom is 0.442 e. The molecule has 2 heterocycles. The van der Waals surface area contributed by atoms with Crippen molar-refractivity contribution < 1.29 is 18.7 Å². The van der Waals surface area contributed by atoms with E-state index in [1.165, 1.54) is 6.07 Å². The van der Waals surface area contributed by atoms with Crippen LogP contribution in [-0.2, 0) is 14.9 Å². The lowest BCUT2D eigenvalue weighted by Crippen LogP contribution is -2.42. The number of ether oxygens (including phenoxy) is 2. The van der Waals surface area contributed by atoms with Crippen molar-refractivity contribution in [1.29, 1.82) is 0 Å². The van der Waals surface area contributed by atoms with Gasteiger partial charge in [0.15, 0.2) is 0 Å². The minimum Gasteiger partial charge on any atom is -0.489 e. The molecule has 3 aromatic rings. The number of rotatable bonds is 8. The third-order valence-corrected chi connectivity index (χ3v) is 7.22. The van der Waals surface area contributed by atoms with Crippen molar-refractivity contribution >= 4 is 57.7 Å². The van der Waals surface area contributed by atoms with Crippen LogP contribution in [0.2, 0.25) is 10.0 Å². The quantitative estimate of drug-likeness (QED) is 0.248. The smallest absolute Gasteiger partial charge is 0.442 e. The van der Waals surface area contributed by atoms with Crippen molar-refractivity contribution in [3.63, 3.8) is 0 Å². The molecule has 0 saturated carbocycles. The number of anilines is 1. The molecule has 12 heteroatoms. The van der Waals surface area contributed by atoms with Crippen molar-refractivity contribution in [2.24, 2.45) is 0 Å². The van der Waals surface area contributed by atoms with Crippen LogP contribution in [0.1, 0.15) is 57.9 Å². The molecule has 216 valence electrons. The first-order valence-corrected chi connectivity index (χ1v) is 14.5. The number of thiophene rings is 1. The average molecular weight is 621 g/mol. The molecule has 0 radical (unpaired) electrons. The largest absolute Gasteiger partial charge is 0.489 e. The second kappa shape index (κ2) is 14.0. The van der Waals surface area contributed by atoms with Crippen LogP contribution in [0.25, 0.3) is 5.69 Å². The SMILES string of the molecule is CC(C)Oc1cc(-n2nc(C(C)(C)C)oc2=O)c(Cl)cc1Cl.COCC(C)N(C(=O)CCl)c1c(C)csc1C. The molecule has 8 nitrogen and oxygen atoms in total. The molecule has 0 aliphatic heterocycles. The van der Waals surface area contributed by atoms with Crippen LogP contribution < -0.4 is 15.4 Å². The lowest BCUT2D eigenvalue weighted by Gasteiger charge is -2.29. The van der Waals surface area contributed by atoms with Crippen LogP contribution in [0.4, 0.5) is 5.69 Å². The van der Waals surface area contributed by atoms with E-state index in [9.17, 15) is 9.59 Å². The molecule has 0 fully saturated rings. The van der Waals surface area contributed by atoms with Gasteiger partial charge in [-0.25, -0.2) is 4.79 Å². The van der Waals surface area contributed by atoms with Crippen LogP contribution >= 0.6 is 46.1 Å². The summed E-state index contributed by atoms with van der Waals surface area (Å²) in [6.45, 7) is 15.9. The highest BCUT2D eigenvalue weighted by atomic mass is 35.5. The Kier molecular flexibility index (Phi) is 11.9. The Hall–Kier alpha value is -2.04. The zero-order valence-corrected chi connectivity index (χ0v) is 26.8. The van der Waals surface area contributed by atoms with E-state index < -0.39 is 5.76 Å². The third-order valence-electron chi connectivity index (χ3n) is 5.37. The fourth-order valence-corrected chi connectivity index (χ4v) is 5.13. The molecule has 0 spiro atoms. The molecule has 0 aliphatic rings. The van der Waals surface area contributed by atoms with Crippen LogP contribution in [0.15, 0.2) is 26.7 Å². The number of amides is 1. The summed E-state index contributed by atoms with van der Waals surface area (Å²) in [6.07, 6.45) is -0.0642. The summed E-state index contributed by atoms with van der Waals surface area (Å²) < 4.78 is 17.1. The van der Waals surface area contributed by atoms with E-state index in [-0.39, 0.29) is 34.4 Å². The van der Waals surface area contributed by atoms with Crippen molar-refractivity contribution in [2.45, 2.75) is 73.0 Å².